The molecule has 0 N–H and O–H groups in total. The third-order valence-electron chi connectivity index (χ3n) is 4.90. The lowest BCUT2D eigenvalue weighted by Gasteiger charge is -2.48. The average molecular weight is 298 g/mol. The minimum Gasteiger partial charge on any atom is -0.335 e. The van der Waals surface area contributed by atoms with E-state index in [1.54, 1.807) is 0 Å². The fourth-order valence-electron chi connectivity index (χ4n) is 3.53. The van der Waals surface area contributed by atoms with E-state index in [0.29, 0.717) is 18.0 Å². The number of anilines is 1. The van der Waals surface area contributed by atoms with Gasteiger partial charge in [0.2, 0.25) is 0 Å². The Morgan fingerprint density at radius 3 is 2.73 bits per heavy atom. The molecule has 0 radical (unpaired) electrons. The first-order chi connectivity index (χ1) is 10.8. The summed E-state index contributed by atoms with van der Waals surface area (Å²) in [6, 6.07) is 11.3. The van der Waals surface area contributed by atoms with Crippen LogP contribution in [0, 0.1) is 0 Å². The van der Waals surface area contributed by atoms with Crippen LogP contribution in [-0.4, -0.2) is 46.8 Å². The summed E-state index contributed by atoms with van der Waals surface area (Å²) >= 11 is 0. The van der Waals surface area contributed by atoms with Crippen LogP contribution in [0.15, 0.2) is 34.9 Å². The zero-order chi connectivity index (χ0) is 14.9. The highest BCUT2D eigenvalue weighted by molar-refractivity contribution is 5.54. The number of piperidine rings is 1. The molecule has 0 unspecified atom stereocenters. The van der Waals surface area contributed by atoms with E-state index in [9.17, 15) is 0 Å². The van der Waals surface area contributed by atoms with E-state index in [0.717, 1.165) is 24.6 Å². The van der Waals surface area contributed by atoms with Crippen LogP contribution < -0.4 is 4.90 Å². The molecule has 0 bridgehead atoms. The van der Waals surface area contributed by atoms with Gasteiger partial charge in [0.25, 0.3) is 11.8 Å². The van der Waals surface area contributed by atoms with Crippen molar-refractivity contribution in [3.05, 3.63) is 30.3 Å². The average Bonchev–Trinajstić information content (AvgIpc) is 2.98. The van der Waals surface area contributed by atoms with Crippen LogP contribution in [0.1, 0.15) is 26.2 Å². The van der Waals surface area contributed by atoms with Crippen molar-refractivity contribution in [2.24, 2.45) is 0 Å². The van der Waals surface area contributed by atoms with Crippen molar-refractivity contribution in [1.29, 1.82) is 0 Å². The minimum atomic E-state index is 0.602. The quantitative estimate of drug-likeness (QED) is 0.872. The van der Waals surface area contributed by atoms with Gasteiger partial charge in [0.15, 0.2) is 0 Å². The van der Waals surface area contributed by atoms with Gasteiger partial charge in [-0.2, -0.15) is 4.98 Å². The van der Waals surface area contributed by atoms with Crippen LogP contribution in [0.5, 0.6) is 0 Å². The molecular weight excluding hydrogens is 276 g/mol. The molecule has 3 heterocycles. The first kappa shape index (κ1) is 13.8. The molecule has 22 heavy (non-hydrogen) atoms. The highest BCUT2D eigenvalue weighted by atomic mass is 16.5. The van der Waals surface area contributed by atoms with E-state index in [1.165, 1.54) is 25.8 Å². The summed E-state index contributed by atoms with van der Waals surface area (Å²) in [7, 11) is 0. The van der Waals surface area contributed by atoms with Crippen molar-refractivity contribution in [3.63, 3.8) is 0 Å². The molecule has 2 aliphatic heterocycles. The maximum atomic E-state index is 5.39. The molecule has 1 aromatic carbocycles. The molecule has 0 amide bonds. The topological polar surface area (TPSA) is 45.4 Å². The van der Waals surface area contributed by atoms with Crippen LogP contribution in [0.3, 0.4) is 0 Å². The molecule has 116 valence electrons. The summed E-state index contributed by atoms with van der Waals surface area (Å²) in [4.78, 5) is 9.39. The van der Waals surface area contributed by atoms with Crippen LogP contribution >= 0.6 is 0 Å². The van der Waals surface area contributed by atoms with Crippen molar-refractivity contribution in [1.82, 2.24) is 15.0 Å². The Kier molecular flexibility index (Phi) is 3.58. The van der Waals surface area contributed by atoms with E-state index in [1.807, 2.05) is 30.3 Å². The maximum absolute atomic E-state index is 5.39. The number of hydrogen-bond donors (Lipinski definition) is 0. The van der Waals surface area contributed by atoms with Gasteiger partial charge in [-0.05, 0) is 43.6 Å². The molecule has 0 aliphatic carbocycles. The van der Waals surface area contributed by atoms with E-state index < -0.39 is 0 Å². The Bertz CT molecular complexity index is 621. The molecule has 2 saturated heterocycles. The monoisotopic (exact) mass is 298 g/mol. The lowest BCUT2D eigenvalue weighted by Crippen LogP contribution is -2.62. The van der Waals surface area contributed by atoms with Crippen molar-refractivity contribution >= 4 is 5.95 Å². The lowest BCUT2D eigenvalue weighted by molar-refractivity contribution is 0.0867. The maximum Gasteiger partial charge on any atom is 0.266 e. The number of aromatic nitrogens is 2. The highest BCUT2D eigenvalue weighted by Gasteiger charge is 2.37. The third kappa shape index (κ3) is 2.50. The van der Waals surface area contributed by atoms with Crippen molar-refractivity contribution in [2.75, 3.05) is 24.5 Å². The zero-order valence-electron chi connectivity index (χ0n) is 13.0. The molecule has 0 saturated carbocycles. The summed E-state index contributed by atoms with van der Waals surface area (Å²) in [5, 5.41) is 4.13. The largest absolute Gasteiger partial charge is 0.335 e. The zero-order valence-corrected chi connectivity index (χ0v) is 13.0. The predicted octanol–water partition coefficient (Wildman–Crippen LogP) is 2.80. The van der Waals surface area contributed by atoms with Gasteiger partial charge in [-0.15, -0.1) is 0 Å². The van der Waals surface area contributed by atoms with Crippen LogP contribution in [0.4, 0.5) is 5.95 Å². The fraction of sp³-hybridized carbons (Fsp3) is 0.529. The van der Waals surface area contributed by atoms with Crippen LogP contribution in [0.2, 0.25) is 0 Å². The van der Waals surface area contributed by atoms with Crippen molar-refractivity contribution in [3.8, 4) is 11.5 Å². The summed E-state index contributed by atoms with van der Waals surface area (Å²) < 4.78 is 5.39. The smallest absolute Gasteiger partial charge is 0.266 e. The predicted molar refractivity (Wildman–Crippen MR) is 85.8 cm³/mol. The van der Waals surface area contributed by atoms with Gasteiger partial charge >= 0.3 is 0 Å². The van der Waals surface area contributed by atoms with Crippen molar-refractivity contribution < 1.29 is 4.52 Å². The second kappa shape index (κ2) is 5.72. The Balaban J connectivity index is 1.40. The van der Waals surface area contributed by atoms with Gasteiger partial charge in [-0.3, -0.25) is 4.90 Å². The standard InChI is InChI=1S/C17H22N4O/c1-13-7-5-6-10-21(13)15-11-20(12-15)17-18-16(22-19-17)14-8-3-2-4-9-14/h2-4,8-9,13,15H,5-7,10-12H2,1H3/t13-/m0/s1. The van der Waals surface area contributed by atoms with Gasteiger partial charge in [0, 0.05) is 30.7 Å². The van der Waals surface area contributed by atoms with E-state index in [2.05, 4.69) is 26.9 Å². The Labute approximate surface area is 130 Å². The summed E-state index contributed by atoms with van der Waals surface area (Å²) in [6.07, 6.45) is 4.04. The first-order valence-corrected chi connectivity index (χ1v) is 8.21. The lowest BCUT2D eigenvalue weighted by atomic mass is 9.98. The summed E-state index contributed by atoms with van der Waals surface area (Å²) in [5.74, 6) is 1.32. The molecular formula is C17H22N4O. The van der Waals surface area contributed by atoms with Gasteiger partial charge in [-0.25, -0.2) is 0 Å². The molecule has 1 atom stereocenters. The number of nitrogens with zero attached hydrogens (tertiary/aromatic N) is 4. The molecule has 4 rings (SSSR count). The molecule has 5 nitrogen and oxygen atoms in total. The molecule has 5 heteroatoms. The van der Waals surface area contributed by atoms with Crippen LogP contribution in [0.25, 0.3) is 11.5 Å². The molecule has 2 aliphatic rings. The molecule has 0 spiro atoms. The van der Waals surface area contributed by atoms with Crippen molar-refractivity contribution in [2.45, 2.75) is 38.3 Å². The SMILES string of the molecule is C[C@H]1CCCCN1C1CN(c2noc(-c3ccccc3)n2)C1. The summed E-state index contributed by atoms with van der Waals surface area (Å²) in [6.45, 7) is 5.61. The van der Waals surface area contributed by atoms with E-state index >= 15 is 0 Å². The molecule has 2 fully saturated rings. The van der Waals surface area contributed by atoms with Crippen LogP contribution in [-0.2, 0) is 0 Å². The number of rotatable bonds is 3. The normalized spacial score (nSPS) is 23.5. The Hall–Kier alpha value is -1.88. The second-order valence-corrected chi connectivity index (χ2v) is 6.41. The van der Waals surface area contributed by atoms with Gasteiger partial charge < -0.3 is 9.42 Å². The Morgan fingerprint density at radius 1 is 1.14 bits per heavy atom. The Morgan fingerprint density at radius 2 is 1.95 bits per heavy atom. The van der Waals surface area contributed by atoms with E-state index in [4.69, 9.17) is 4.52 Å². The van der Waals surface area contributed by atoms with E-state index in [-0.39, 0.29) is 0 Å². The number of benzene rings is 1. The second-order valence-electron chi connectivity index (χ2n) is 6.41. The highest BCUT2D eigenvalue weighted by Crippen LogP contribution is 2.28. The molecule has 1 aromatic heterocycles. The summed E-state index contributed by atoms with van der Waals surface area (Å²) in [5.41, 5.74) is 0.975. The van der Waals surface area contributed by atoms with Gasteiger partial charge in [0.05, 0.1) is 0 Å². The third-order valence-corrected chi connectivity index (χ3v) is 4.90. The van der Waals surface area contributed by atoms with Gasteiger partial charge in [-0.1, -0.05) is 24.6 Å². The number of hydrogen-bond acceptors (Lipinski definition) is 5. The molecule has 2 aromatic rings. The number of likely N-dealkylation sites (tertiary alicyclic amines) is 1. The minimum absolute atomic E-state index is 0.602. The first-order valence-electron chi connectivity index (χ1n) is 8.21. The fourth-order valence-corrected chi connectivity index (χ4v) is 3.53. The van der Waals surface area contributed by atoms with Gasteiger partial charge in [0.1, 0.15) is 0 Å².